The van der Waals surface area contributed by atoms with Crippen LogP contribution in [0.4, 0.5) is 13.2 Å². The van der Waals surface area contributed by atoms with Gasteiger partial charge in [0.25, 0.3) is 0 Å². The third-order valence-corrected chi connectivity index (χ3v) is 9.34. The summed E-state index contributed by atoms with van der Waals surface area (Å²) in [6, 6.07) is 10.9. The molecule has 0 spiro atoms. The molecule has 0 bridgehead atoms. The number of hydrogen-bond donors (Lipinski definition) is 3. The average Bonchev–Trinajstić information content (AvgIpc) is 3.26. The van der Waals surface area contributed by atoms with E-state index in [0.717, 1.165) is 35.7 Å². The van der Waals surface area contributed by atoms with Crippen molar-refractivity contribution in [2.75, 3.05) is 20.1 Å². The molecule has 2 unspecified atom stereocenters. The Bertz CT molecular complexity index is 1270. The van der Waals surface area contributed by atoms with Gasteiger partial charge in [-0.15, -0.1) is 0 Å². The second-order valence-corrected chi connectivity index (χ2v) is 13.6. The fraction of sp³-hybridized carbons (Fsp3) is 0.552. The van der Waals surface area contributed by atoms with Crippen LogP contribution in [0.2, 0.25) is 0 Å². The monoisotopic (exact) mass is 584 g/mol. The van der Waals surface area contributed by atoms with E-state index in [4.69, 9.17) is 5.11 Å². The first-order valence-electron chi connectivity index (χ1n) is 13.4. The van der Waals surface area contributed by atoms with Crippen molar-refractivity contribution in [2.45, 2.75) is 81.5 Å². The van der Waals surface area contributed by atoms with Gasteiger partial charge in [-0.2, -0.15) is 17.5 Å². The number of likely N-dealkylation sites (N-methyl/N-ethyl adjacent to an activating group) is 1. The Kier molecular flexibility index (Phi) is 10.1. The van der Waals surface area contributed by atoms with Crippen molar-refractivity contribution in [1.82, 2.24) is 9.62 Å². The number of sulfonamides is 1. The number of nitrogens with zero attached hydrogens (tertiary/aromatic N) is 1. The van der Waals surface area contributed by atoms with Gasteiger partial charge in [-0.1, -0.05) is 31.2 Å². The van der Waals surface area contributed by atoms with Crippen LogP contribution in [0.5, 0.6) is 0 Å². The van der Waals surface area contributed by atoms with E-state index in [2.05, 4.69) is 17.4 Å². The largest absolute Gasteiger partial charge is 0.481 e. The first-order chi connectivity index (χ1) is 18.5. The molecule has 0 saturated heterocycles. The number of aliphatic hydroxyl groups is 1. The number of aliphatic carboxylic acids is 1. The number of fused-ring (bicyclic) bond motifs is 1. The lowest BCUT2D eigenvalue weighted by Crippen LogP contribution is -2.47. The van der Waals surface area contributed by atoms with Gasteiger partial charge in [-0.25, -0.2) is 8.42 Å². The molecule has 2 aromatic carbocycles. The van der Waals surface area contributed by atoms with Gasteiger partial charge in [0, 0.05) is 32.1 Å². The molecule has 7 nitrogen and oxygen atoms in total. The number of aliphatic hydroxyl groups excluding tert-OH is 1. The summed E-state index contributed by atoms with van der Waals surface area (Å²) in [6.45, 7) is 5.39. The second-order valence-electron chi connectivity index (χ2n) is 11.6. The summed E-state index contributed by atoms with van der Waals surface area (Å²) < 4.78 is 68.2. The van der Waals surface area contributed by atoms with E-state index in [9.17, 15) is 31.5 Å². The second kappa shape index (κ2) is 12.6. The number of carboxylic acids is 1. The van der Waals surface area contributed by atoms with E-state index in [1.165, 1.54) is 18.2 Å². The summed E-state index contributed by atoms with van der Waals surface area (Å²) in [5, 5.41) is 22.9. The fourth-order valence-corrected chi connectivity index (χ4v) is 6.64. The molecule has 0 aromatic heterocycles. The molecule has 3 N–H and O–H groups in total. The minimum atomic E-state index is -4.79. The maximum Gasteiger partial charge on any atom is 0.416 e. The lowest BCUT2D eigenvalue weighted by molar-refractivity contribution is -0.138. The zero-order valence-electron chi connectivity index (χ0n) is 23.3. The molecule has 0 saturated carbocycles. The number of hydrogen-bond acceptors (Lipinski definition) is 5. The molecule has 1 aliphatic carbocycles. The highest BCUT2D eigenvalue weighted by Gasteiger charge is 2.34. The third-order valence-electron chi connectivity index (χ3n) is 7.54. The van der Waals surface area contributed by atoms with Crippen LogP contribution >= 0.6 is 0 Å². The molecule has 3 rings (SSSR count). The van der Waals surface area contributed by atoms with E-state index in [1.807, 2.05) is 26.0 Å². The van der Waals surface area contributed by atoms with Crippen molar-refractivity contribution in [1.29, 1.82) is 0 Å². The highest BCUT2D eigenvalue weighted by Crippen LogP contribution is 2.35. The highest BCUT2D eigenvalue weighted by atomic mass is 32.2. The SMILES string of the molecule is CC(CCC(=O)O)c1cc(C(F)(F)F)cc(S(=O)(=O)N(C)CC(O)CNC(C)(C)CC2Cc3ccccc3C2)c1. The summed E-state index contributed by atoms with van der Waals surface area (Å²) in [5.74, 6) is -1.25. The normalized spacial score (nSPS) is 16.2. The molecule has 222 valence electrons. The van der Waals surface area contributed by atoms with E-state index in [0.29, 0.717) is 12.0 Å². The van der Waals surface area contributed by atoms with Crippen molar-refractivity contribution < 1.29 is 36.6 Å². The Morgan fingerprint density at radius 1 is 1.12 bits per heavy atom. The van der Waals surface area contributed by atoms with E-state index in [1.54, 1.807) is 6.92 Å². The Labute approximate surface area is 234 Å². The number of rotatable bonds is 13. The zero-order valence-corrected chi connectivity index (χ0v) is 24.1. The Hall–Kier alpha value is -2.47. The van der Waals surface area contributed by atoms with Crippen molar-refractivity contribution in [2.24, 2.45) is 5.92 Å². The van der Waals surface area contributed by atoms with Crippen LogP contribution in [0, 0.1) is 5.92 Å². The smallest absolute Gasteiger partial charge is 0.416 e. The summed E-state index contributed by atoms with van der Waals surface area (Å²) in [6.07, 6.45) is -3.27. The number of carboxylic acid groups (broad SMARTS) is 1. The number of alkyl halides is 3. The average molecular weight is 585 g/mol. The maximum atomic E-state index is 13.6. The highest BCUT2D eigenvalue weighted by molar-refractivity contribution is 7.89. The first kappa shape index (κ1) is 32.0. The van der Waals surface area contributed by atoms with Crippen LogP contribution in [0.1, 0.15) is 68.2 Å². The van der Waals surface area contributed by atoms with E-state index >= 15 is 0 Å². The van der Waals surface area contributed by atoms with E-state index in [-0.39, 0.29) is 37.0 Å². The maximum absolute atomic E-state index is 13.6. The van der Waals surface area contributed by atoms with Crippen molar-refractivity contribution in [3.05, 3.63) is 64.7 Å². The predicted octanol–water partition coefficient (Wildman–Crippen LogP) is 4.83. The molecule has 0 amide bonds. The number of benzene rings is 2. The lowest BCUT2D eigenvalue weighted by atomic mass is 9.88. The summed E-state index contributed by atoms with van der Waals surface area (Å²) in [4.78, 5) is 10.4. The molecule has 11 heteroatoms. The van der Waals surface area contributed by atoms with Gasteiger partial charge in [0.15, 0.2) is 0 Å². The lowest BCUT2D eigenvalue weighted by Gasteiger charge is -2.31. The van der Waals surface area contributed by atoms with Gasteiger partial charge in [0.2, 0.25) is 10.0 Å². The van der Waals surface area contributed by atoms with Gasteiger partial charge in [-0.3, -0.25) is 4.79 Å². The van der Waals surface area contributed by atoms with Crippen LogP contribution in [0.15, 0.2) is 47.4 Å². The van der Waals surface area contributed by atoms with Gasteiger partial charge < -0.3 is 15.5 Å². The molecule has 0 heterocycles. The molecule has 0 fully saturated rings. The fourth-order valence-electron chi connectivity index (χ4n) is 5.35. The van der Waals surface area contributed by atoms with Crippen molar-refractivity contribution in [3.63, 3.8) is 0 Å². The van der Waals surface area contributed by atoms with E-state index < -0.39 is 44.6 Å². The number of halogens is 3. The summed E-state index contributed by atoms with van der Waals surface area (Å²) >= 11 is 0. The first-order valence-corrected chi connectivity index (χ1v) is 14.8. The van der Waals surface area contributed by atoms with Crippen LogP contribution in [-0.4, -0.2) is 60.7 Å². The van der Waals surface area contributed by atoms with Crippen LogP contribution in [0.25, 0.3) is 0 Å². The van der Waals surface area contributed by atoms with Gasteiger partial charge in [0.1, 0.15) is 0 Å². The minimum absolute atomic E-state index is 0.0546. The molecule has 1 aliphatic rings. The van der Waals surface area contributed by atoms with Crippen LogP contribution < -0.4 is 5.32 Å². The Morgan fingerprint density at radius 2 is 1.73 bits per heavy atom. The van der Waals surface area contributed by atoms with Crippen molar-refractivity contribution in [3.8, 4) is 0 Å². The van der Waals surface area contributed by atoms with Crippen LogP contribution in [-0.2, 0) is 33.8 Å². The zero-order chi connectivity index (χ0) is 29.9. The molecule has 0 aliphatic heterocycles. The number of β-amino-alcohol motifs (C(OH)–C–C–N with tert-alkyl or cyclic N) is 1. The molecule has 2 atom stereocenters. The third kappa shape index (κ3) is 8.52. The Balaban J connectivity index is 1.65. The summed E-state index contributed by atoms with van der Waals surface area (Å²) in [5.41, 5.74) is 1.33. The van der Waals surface area contributed by atoms with Crippen LogP contribution in [0.3, 0.4) is 0 Å². The Morgan fingerprint density at radius 3 is 2.27 bits per heavy atom. The standard InChI is InChI=1S/C29H39F3N2O5S/c1-19(9-10-27(36)37)23-13-24(29(30,31)32)15-26(14-23)40(38,39)34(4)18-25(35)17-33-28(2,3)16-20-11-21-7-5-6-8-22(21)12-20/h5-8,13-15,19-20,25,33,35H,9-12,16-18H2,1-4H3,(H,36,37). The topological polar surface area (TPSA) is 107 Å². The summed E-state index contributed by atoms with van der Waals surface area (Å²) in [7, 11) is -3.16. The molecule has 2 aromatic rings. The van der Waals surface area contributed by atoms with Gasteiger partial charge in [-0.05, 0) is 86.3 Å². The number of nitrogens with one attached hydrogen (secondary N) is 1. The van der Waals surface area contributed by atoms with Crippen molar-refractivity contribution >= 4 is 16.0 Å². The van der Waals surface area contributed by atoms with Gasteiger partial charge >= 0.3 is 12.1 Å². The molecule has 40 heavy (non-hydrogen) atoms. The predicted molar refractivity (Wildman–Crippen MR) is 147 cm³/mol. The molecule has 0 radical (unpaired) electrons. The minimum Gasteiger partial charge on any atom is -0.481 e. The molecular formula is C29H39F3N2O5S. The molecular weight excluding hydrogens is 545 g/mol. The van der Waals surface area contributed by atoms with Gasteiger partial charge in [0.05, 0.1) is 16.6 Å². The number of carbonyl (C=O) groups is 1. The quantitative estimate of drug-likeness (QED) is 0.312.